The molecule has 1 heterocycles. The minimum Gasteiger partial charge on any atom is -0.305 e. The Balaban J connectivity index is 1.61. The maximum atomic E-state index is 13.2. The summed E-state index contributed by atoms with van der Waals surface area (Å²) in [7, 11) is -3.73. The van der Waals surface area contributed by atoms with E-state index in [0.717, 1.165) is 17.7 Å². The Hall–Kier alpha value is -2.83. The maximum Gasteiger partial charge on any atom is 0.261 e. The van der Waals surface area contributed by atoms with E-state index in [1.165, 1.54) is 18.2 Å². The molecule has 1 unspecified atom stereocenters. The van der Waals surface area contributed by atoms with E-state index in [9.17, 15) is 13.2 Å². The van der Waals surface area contributed by atoms with E-state index >= 15 is 0 Å². The molecule has 7 heteroatoms. The predicted octanol–water partition coefficient (Wildman–Crippen LogP) is 4.73. The Bertz CT molecular complexity index is 1180. The van der Waals surface area contributed by atoms with Gasteiger partial charge in [0.2, 0.25) is 0 Å². The normalized spacial score (nSPS) is 15.8. The molecule has 1 aliphatic heterocycles. The molecular weight excluding hydrogens is 408 g/mol. The Morgan fingerprint density at radius 2 is 1.72 bits per heavy atom. The lowest BCUT2D eigenvalue weighted by Gasteiger charge is -2.23. The standard InChI is InChI=1S/C22H19ClN2O3S/c1-15-13-16-7-5-6-10-21(16)25(15)22(26)19-12-11-17(14-20(19)23)24-29(27,28)18-8-3-2-4-9-18/h2-12,14-15,24H,13H2,1H3. The van der Waals surface area contributed by atoms with E-state index in [0.29, 0.717) is 11.3 Å². The van der Waals surface area contributed by atoms with Gasteiger partial charge in [-0.05, 0) is 55.3 Å². The molecule has 4 rings (SSSR count). The zero-order chi connectivity index (χ0) is 20.6. The van der Waals surface area contributed by atoms with Gasteiger partial charge in [-0.1, -0.05) is 48.0 Å². The van der Waals surface area contributed by atoms with Crippen LogP contribution in [0.2, 0.25) is 5.02 Å². The SMILES string of the molecule is CC1Cc2ccccc2N1C(=O)c1ccc(NS(=O)(=O)c2ccccc2)cc1Cl. The lowest BCUT2D eigenvalue weighted by Crippen LogP contribution is -2.35. The van der Waals surface area contributed by atoms with Crippen molar-refractivity contribution in [2.24, 2.45) is 0 Å². The number of carbonyl (C=O) groups excluding carboxylic acids is 1. The van der Waals surface area contributed by atoms with Crippen molar-refractivity contribution in [1.82, 2.24) is 0 Å². The van der Waals surface area contributed by atoms with Crippen LogP contribution in [0.15, 0.2) is 77.7 Å². The van der Waals surface area contributed by atoms with Crippen molar-refractivity contribution in [1.29, 1.82) is 0 Å². The van der Waals surface area contributed by atoms with Crippen molar-refractivity contribution in [2.75, 3.05) is 9.62 Å². The van der Waals surface area contributed by atoms with Crippen LogP contribution in [0.1, 0.15) is 22.8 Å². The molecule has 0 spiro atoms. The number of anilines is 2. The van der Waals surface area contributed by atoms with E-state index < -0.39 is 10.0 Å². The highest BCUT2D eigenvalue weighted by Crippen LogP contribution is 2.34. The summed E-state index contributed by atoms with van der Waals surface area (Å²) < 4.78 is 27.5. The lowest BCUT2D eigenvalue weighted by atomic mass is 10.1. The van der Waals surface area contributed by atoms with Gasteiger partial charge in [0.15, 0.2) is 0 Å². The van der Waals surface area contributed by atoms with Crippen molar-refractivity contribution in [2.45, 2.75) is 24.3 Å². The van der Waals surface area contributed by atoms with Gasteiger partial charge in [0, 0.05) is 11.7 Å². The van der Waals surface area contributed by atoms with E-state index in [1.54, 1.807) is 35.2 Å². The zero-order valence-corrected chi connectivity index (χ0v) is 17.2. The van der Waals surface area contributed by atoms with Gasteiger partial charge >= 0.3 is 0 Å². The predicted molar refractivity (Wildman–Crippen MR) is 115 cm³/mol. The number of fused-ring (bicyclic) bond motifs is 1. The quantitative estimate of drug-likeness (QED) is 0.655. The molecule has 3 aromatic rings. The van der Waals surface area contributed by atoms with Crippen LogP contribution >= 0.6 is 11.6 Å². The summed E-state index contributed by atoms with van der Waals surface area (Å²) in [4.78, 5) is 15.1. The van der Waals surface area contributed by atoms with Gasteiger partial charge in [-0.25, -0.2) is 8.42 Å². The molecule has 148 valence electrons. The van der Waals surface area contributed by atoms with Crippen LogP contribution in [0.25, 0.3) is 0 Å². The molecule has 0 bridgehead atoms. The number of hydrogen-bond donors (Lipinski definition) is 1. The molecule has 0 aromatic heterocycles. The second-order valence-electron chi connectivity index (χ2n) is 6.97. The van der Waals surface area contributed by atoms with Crippen LogP contribution < -0.4 is 9.62 Å². The highest BCUT2D eigenvalue weighted by Gasteiger charge is 2.32. The fourth-order valence-electron chi connectivity index (χ4n) is 3.57. The van der Waals surface area contributed by atoms with Gasteiger partial charge in [-0.3, -0.25) is 9.52 Å². The number of benzene rings is 3. The molecule has 29 heavy (non-hydrogen) atoms. The van der Waals surface area contributed by atoms with E-state index in [-0.39, 0.29) is 21.9 Å². The first kappa shape index (κ1) is 19.5. The van der Waals surface area contributed by atoms with Crippen molar-refractivity contribution in [3.8, 4) is 0 Å². The third-order valence-electron chi connectivity index (χ3n) is 4.93. The van der Waals surface area contributed by atoms with Crippen molar-refractivity contribution in [3.63, 3.8) is 0 Å². The van der Waals surface area contributed by atoms with Crippen LogP contribution in [0.4, 0.5) is 11.4 Å². The van der Waals surface area contributed by atoms with Gasteiger partial charge in [0.1, 0.15) is 0 Å². The highest BCUT2D eigenvalue weighted by molar-refractivity contribution is 7.92. The Kier molecular flexibility index (Phi) is 5.06. The molecule has 5 nitrogen and oxygen atoms in total. The van der Waals surface area contributed by atoms with Gasteiger partial charge in [-0.2, -0.15) is 0 Å². The smallest absolute Gasteiger partial charge is 0.261 e. The van der Waals surface area contributed by atoms with Gasteiger partial charge in [0.25, 0.3) is 15.9 Å². The first-order valence-corrected chi connectivity index (χ1v) is 11.0. The molecule has 1 N–H and O–H groups in total. The topological polar surface area (TPSA) is 66.5 Å². The monoisotopic (exact) mass is 426 g/mol. The number of nitrogens with zero attached hydrogens (tertiary/aromatic N) is 1. The Morgan fingerprint density at radius 3 is 2.45 bits per heavy atom. The fourth-order valence-corrected chi connectivity index (χ4v) is 4.90. The second-order valence-corrected chi connectivity index (χ2v) is 9.06. The summed E-state index contributed by atoms with van der Waals surface area (Å²) in [6.07, 6.45) is 0.786. The van der Waals surface area contributed by atoms with Crippen LogP contribution in [0, 0.1) is 0 Å². The van der Waals surface area contributed by atoms with Crippen LogP contribution in [-0.4, -0.2) is 20.4 Å². The van der Waals surface area contributed by atoms with Crippen molar-refractivity contribution >= 4 is 38.9 Å². The van der Waals surface area contributed by atoms with Crippen LogP contribution in [-0.2, 0) is 16.4 Å². The van der Waals surface area contributed by atoms with E-state index in [1.807, 2.05) is 31.2 Å². The van der Waals surface area contributed by atoms with Gasteiger partial charge in [-0.15, -0.1) is 0 Å². The Morgan fingerprint density at radius 1 is 1.03 bits per heavy atom. The average Bonchev–Trinajstić information content (AvgIpc) is 3.03. The number of rotatable bonds is 4. The number of sulfonamides is 1. The molecule has 0 fully saturated rings. The highest BCUT2D eigenvalue weighted by atomic mass is 35.5. The van der Waals surface area contributed by atoms with Crippen molar-refractivity contribution in [3.05, 3.63) is 88.9 Å². The largest absolute Gasteiger partial charge is 0.305 e. The average molecular weight is 427 g/mol. The molecule has 0 radical (unpaired) electrons. The van der Waals surface area contributed by atoms with Gasteiger partial charge < -0.3 is 4.90 Å². The summed E-state index contributed by atoms with van der Waals surface area (Å²) in [5, 5.41) is 0.194. The molecule has 0 saturated carbocycles. The summed E-state index contributed by atoms with van der Waals surface area (Å²) in [5.41, 5.74) is 2.63. The molecule has 0 saturated heterocycles. The molecule has 3 aromatic carbocycles. The number of amides is 1. The Labute approximate surface area is 175 Å². The molecule has 1 amide bonds. The number of para-hydroxylation sites is 1. The first-order chi connectivity index (χ1) is 13.9. The summed E-state index contributed by atoms with van der Waals surface area (Å²) in [6, 6.07) is 20.4. The van der Waals surface area contributed by atoms with E-state index in [4.69, 9.17) is 11.6 Å². The number of carbonyl (C=O) groups is 1. The fraction of sp³-hybridized carbons (Fsp3) is 0.136. The van der Waals surface area contributed by atoms with Crippen LogP contribution in [0.3, 0.4) is 0 Å². The molecule has 0 aliphatic carbocycles. The number of nitrogens with one attached hydrogen (secondary N) is 1. The molecule has 1 aliphatic rings. The molecule has 1 atom stereocenters. The lowest BCUT2D eigenvalue weighted by molar-refractivity contribution is 0.0981. The van der Waals surface area contributed by atoms with Gasteiger partial charge in [0.05, 0.1) is 21.2 Å². The maximum absolute atomic E-state index is 13.2. The number of hydrogen-bond acceptors (Lipinski definition) is 3. The minimum atomic E-state index is -3.73. The molecular formula is C22H19ClN2O3S. The third kappa shape index (κ3) is 3.73. The third-order valence-corrected chi connectivity index (χ3v) is 6.64. The minimum absolute atomic E-state index is 0.0206. The summed E-state index contributed by atoms with van der Waals surface area (Å²) >= 11 is 6.37. The van der Waals surface area contributed by atoms with Crippen LogP contribution in [0.5, 0.6) is 0 Å². The second kappa shape index (κ2) is 7.54. The zero-order valence-electron chi connectivity index (χ0n) is 15.7. The summed E-state index contributed by atoms with van der Waals surface area (Å²) in [6.45, 7) is 1.99. The summed E-state index contributed by atoms with van der Waals surface area (Å²) in [5.74, 6) is -0.204. The number of halogens is 1. The van der Waals surface area contributed by atoms with Crippen molar-refractivity contribution < 1.29 is 13.2 Å². The van der Waals surface area contributed by atoms with E-state index in [2.05, 4.69) is 4.72 Å². The first-order valence-electron chi connectivity index (χ1n) is 9.16.